The molecule has 26 heavy (non-hydrogen) atoms. The third-order valence-electron chi connectivity index (χ3n) is 4.70. The van der Waals surface area contributed by atoms with Gasteiger partial charge in [0.05, 0.1) is 16.8 Å². The molecule has 2 heterocycles. The normalized spacial score (nSPS) is 15.5. The van der Waals surface area contributed by atoms with Gasteiger partial charge in [-0.3, -0.25) is 0 Å². The van der Waals surface area contributed by atoms with Crippen LogP contribution in [0.3, 0.4) is 0 Å². The molecule has 3 aromatic rings. The maximum atomic E-state index is 14.3. The fourth-order valence-electron chi connectivity index (χ4n) is 3.41. The lowest BCUT2D eigenvalue weighted by molar-refractivity contribution is 0.463. The lowest BCUT2D eigenvalue weighted by Gasteiger charge is -2.25. The van der Waals surface area contributed by atoms with Gasteiger partial charge >= 0.3 is 0 Å². The van der Waals surface area contributed by atoms with E-state index in [4.69, 9.17) is 23.2 Å². The molecule has 0 atom stereocenters. The molecule has 136 valence electrons. The topological polar surface area (TPSA) is 42.2 Å². The van der Waals surface area contributed by atoms with Gasteiger partial charge in [0.2, 0.25) is 0 Å². The maximum Gasteiger partial charge on any atom is 0.180 e. The molecule has 0 radical (unpaired) electrons. The second kappa shape index (κ2) is 7.00. The molecule has 0 amide bonds. The Morgan fingerprint density at radius 3 is 2.46 bits per heavy atom. The highest BCUT2D eigenvalue weighted by atomic mass is 35.5. The first-order valence-electron chi connectivity index (χ1n) is 8.50. The molecule has 0 spiro atoms. The van der Waals surface area contributed by atoms with Crippen molar-refractivity contribution in [2.45, 2.75) is 38.1 Å². The summed E-state index contributed by atoms with van der Waals surface area (Å²) >= 11 is 12.7. The molecule has 1 aliphatic carbocycles. The van der Waals surface area contributed by atoms with E-state index in [2.05, 4.69) is 15.4 Å². The van der Waals surface area contributed by atoms with Gasteiger partial charge in [-0.25, -0.2) is 13.8 Å². The van der Waals surface area contributed by atoms with Gasteiger partial charge in [0.1, 0.15) is 23.0 Å². The van der Waals surface area contributed by atoms with Crippen LogP contribution in [0.15, 0.2) is 24.4 Å². The number of anilines is 1. The van der Waals surface area contributed by atoms with Gasteiger partial charge in [-0.2, -0.15) is 9.61 Å². The Bertz CT molecular complexity index is 947. The van der Waals surface area contributed by atoms with E-state index in [0.29, 0.717) is 11.3 Å². The van der Waals surface area contributed by atoms with Crippen LogP contribution in [-0.4, -0.2) is 20.6 Å². The van der Waals surface area contributed by atoms with E-state index in [1.807, 2.05) is 0 Å². The molecule has 1 aromatic carbocycles. The zero-order valence-electron chi connectivity index (χ0n) is 13.8. The van der Waals surface area contributed by atoms with Gasteiger partial charge in [0.15, 0.2) is 10.8 Å². The monoisotopic (exact) mass is 396 g/mol. The predicted molar refractivity (Wildman–Crippen MR) is 98.9 cm³/mol. The van der Waals surface area contributed by atoms with E-state index in [1.54, 1.807) is 0 Å². The van der Waals surface area contributed by atoms with Crippen LogP contribution in [0.4, 0.5) is 14.5 Å². The Labute approximate surface area is 159 Å². The summed E-state index contributed by atoms with van der Waals surface area (Å²) < 4.78 is 30.0. The number of nitrogens with one attached hydrogen (secondary N) is 1. The minimum absolute atomic E-state index is 0.00650. The number of hydrogen-bond donors (Lipinski definition) is 1. The third-order valence-corrected chi connectivity index (χ3v) is 5.33. The molecule has 1 fully saturated rings. The molecule has 4 rings (SSSR count). The van der Waals surface area contributed by atoms with Crippen molar-refractivity contribution in [3.63, 3.8) is 0 Å². The van der Waals surface area contributed by atoms with Crippen molar-refractivity contribution in [1.29, 1.82) is 0 Å². The van der Waals surface area contributed by atoms with Crippen LogP contribution in [0.2, 0.25) is 10.2 Å². The second-order valence-electron chi connectivity index (χ2n) is 6.43. The number of benzene rings is 1. The lowest BCUT2D eigenvalue weighted by Crippen LogP contribution is -2.23. The van der Waals surface area contributed by atoms with Crippen molar-refractivity contribution in [3.8, 4) is 11.3 Å². The predicted octanol–water partition coefficient (Wildman–Crippen LogP) is 5.73. The number of imidazole rings is 1. The lowest BCUT2D eigenvalue weighted by atomic mass is 9.95. The van der Waals surface area contributed by atoms with Crippen molar-refractivity contribution in [3.05, 3.63) is 46.2 Å². The molecule has 8 heteroatoms. The van der Waals surface area contributed by atoms with E-state index < -0.39 is 11.6 Å². The molecule has 0 aliphatic heterocycles. The highest BCUT2D eigenvalue weighted by Gasteiger charge is 2.24. The first-order chi connectivity index (χ1) is 12.6. The first-order valence-corrected chi connectivity index (χ1v) is 9.25. The summed E-state index contributed by atoms with van der Waals surface area (Å²) in [7, 11) is 0. The number of rotatable bonds is 3. The second-order valence-corrected chi connectivity index (χ2v) is 7.20. The molecular formula is C18H16Cl2F2N4. The Morgan fingerprint density at radius 2 is 1.77 bits per heavy atom. The van der Waals surface area contributed by atoms with Crippen molar-refractivity contribution in [2.24, 2.45) is 0 Å². The van der Waals surface area contributed by atoms with Crippen LogP contribution < -0.4 is 5.32 Å². The van der Waals surface area contributed by atoms with E-state index in [1.165, 1.54) is 35.3 Å². The quantitative estimate of drug-likeness (QED) is 0.614. The fourth-order valence-corrected chi connectivity index (χ4v) is 3.85. The summed E-state index contributed by atoms with van der Waals surface area (Å²) in [5.74, 6) is -1.47. The Balaban J connectivity index is 1.91. The highest BCUT2D eigenvalue weighted by molar-refractivity contribution is 6.36. The molecule has 2 aromatic heterocycles. The molecule has 0 unspecified atom stereocenters. The first kappa shape index (κ1) is 17.5. The van der Waals surface area contributed by atoms with Gasteiger partial charge in [-0.15, -0.1) is 0 Å². The zero-order chi connectivity index (χ0) is 18.3. The number of aromatic nitrogens is 3. The summed E-state index contributed by atoms with van der Waals surface area (Å²) in [5, 5.41) is 8.02. The Hall–Kier alpha value is -1.92. The van der Waals surface area contributed by atoms with E-state index >= 15 is 0 Å². The van der Waals surface area contributed by atoms with E-state index in [9.17, 15) is 8.78 Å². The van der Waals surface area contributed by atoms with E-state index in [-0.39, 0.29) is 27.5 Å². The van der Waals surface area contributed by atoms with Crippen LogP contribution >= 0.6 is 23.2 Å². The summed E-state index contributed by atoms with van der Waals surface area (Å²) in [5.41, 5.74) is 0.646. The number of halogens is 4. The summed E-state index contributed by atoms with van der Waals surface area (Å²) in [6.45, 7) is 0. The van der Waals surface area contributed by atoms with Gasteiger partial charge in [-0.1, -0.05) is 48.5 Å². The van der Waals surface area contributed by atoms with Gasteiger partial charge in [0.25, 0.3) is 0 Å². The molecular weight excluding hydrogens is 381 g/mol. The number of nitrogens with zero attached hydrogens (tertiary/aromatic N) is 3. The molecule has 4 nitrogen and oxygen atoms in total. The molecule has 1 saturated carbocycles. The molecule has 0 saturated heterocycles. The van der Waals surface area contributed by atoms with Crippen molar-refractivity contribution >= 4 is 34.5 Å². The van der Waals surface area contributed by atoms with Gasteiger partial charge in [0, 0.05) is 6.04 Å². The van der Waals surface area contributed by atoms with Crippen molar-refractivity contribution in [1.82, 2.24) is 14.6 Å². The zero-order valence-corrected chi connectivity index (χ0v) is 15.3. The SMILES string of the molecule is Fc1cccc(F)c1-c1nn2c(Cl)cnc2c(NC2CCCCC2)c1Cl. The maximum absolute atomic E-state index is 14.3. The minimum Gasteiger partial charge on any atom is -0.378 e. The standard InChI is InChI=1S/C18H16Cl2F2N4/c19-13-9-23-18-17(24-10-5-2-1-3-6-10)15(20)16(25-26(13)18)14-11(21)7-4-8-12(14)22/h4,7-10,24H,1-3,5-6H2. The van der Waals surface area contributed by atoms with E-state index in [0.717, 1.165) is 25.7 Å². The highest BCUT2D eigenvalue weighted by Crippen LogP contribution is 2.38. The largest absolute Gasteiger partial charge is 0.378 e. The smallest absolute Gasteiger partial charge is 0.180 e. The van der Waals surface area contributed by atoms with Gasteiger partial charge in [-0.05, 0) is 25.0 Å². The van der Waals surface area contributed by atoms with Crippen LogP contribution in [0.5, 0.6) is 0 Å². The van der Waals surface area contributed by atoms with Crippen molar-refractivity contribution in [2.75, 3.05) is 5.32 Å². The minimum atomic E-state index is -0.737. The third kappa shape index (κ3) is 3.01. The Morgan fingerprint density at radius 1 is 1.08 bits per heavy atom. The van der Waals surface area contributed by atoms with Crippen LogP contribution in [0.25, 0.3) is 16.9 Å². The molecule has 0 bridgehead atoms. The Kier molecular flexibility index (Phi) is 4.71. The fraction of sp³-hybridized carbons (Fsp3) is 0.333. The number of fused-ring (bicyclic) bond motifs is 1. The molecule has 1 aliphatic rings. The number of hydrogen-bond acceptors (Lipinski definition) is 3. The summed E-state index contributed by atoms with van der Waals surface area (Å²) in [6.07, 6.45) is 6.90. The van der Waals surface area contributed by atoms with Crippen LogP contribution in [-0.2, 0) is 0 Å². The molecule has 1 N–H and O–H groups in total. The van der Waals surface area contributed by atoms with Crippen LogP contribution in [0, 0.1) is 11.6 Å². The van der Waals surface area contributed by atoms with Gasteiger partial charge < -0.3 is 5.32 Å². The summed E-state index contributed by atoms with van der Waals surface area (Å²) in [6, 6.07) is 3.86. The average molecular weight is 397 g/mol. The summed E-state index contributed by atoms with van der Waals surface area (Å²) in [4.78, 5) is 4.26. The van der Waals surface area contributed by atoms with Crippen LogP contribution in [0.1, 0.15) is 32.1 Å². The van der Waals surface area contributed by atoms with Crippen molar-refractivity contribution < 1.29 is 8.78 Å². The average Bonchev–Trinajstić information content (AvgIpc) is 3.00.